The number of aliphatic hydroxyl groups excluding tert-OH is 1. The first kappa shape index (κ1) is 17.7. The van der Waals surface area contributed by atoms with Crippen LogP contribution in [0.25, 0.3) is 11.3 Å². The van der Waals surface area contributed by atoms with Crippen LogP contribution in [0.1, 0.15) is 24.4 Å². The molecule has 0 saturated heterocycles. The molecule has 0 saturated carbocycles. The molecule has 0 bridgehead atoms. The highest BCUT2D eigenvalue weighted by Gasteiger charge is 2.06. The van der Waals surface area contributed by atoms with Crippen LogP contribution in [0.2, 0.25) is 0 Å². The molecule has 4 nitrogen and oxygen atoms in total. The number of halogens is 1. The van der Waals surface area contributed by atoms with Gasteiger partial charge in [0.1, 0.15) is 11.5 Å². The van der Waals surface area contributed by atoms with Crippen LogP contribution >= 0.6 is 12.4 Å². The Kier molecular flexibility index (Phi) is 7.47. The molecule has 0 fully saturated rings. The van der Waals surface area contributed by atoms with Gasteiger partial charge in [0.05, 0.1) is 19.3 Å². The zero-order valence-electron chi connectivity index (χ0n) is 12.3. The molecular formula is C16H22ClNO3. The number of rotatable bonds is 7. The highest BCUT2D eigenvalue weighted by Crippen LogP contribution is 2.24. The fourth-order valence-corrected chi connectivity index (χ4v) is 1.94. The number of hydrogen-bond donors (Lipinski definition) is 2. The van der Waals surface area contributed by atoms with E-state index in [1.165, 1.54) is 0 Å². The molecule has 2 aromatic rings. The summed E-state index contributed by atoms with van der Waals surface area (Å²) in [5, 5.41) is 12.7. The van der Waals surface area contributed by atoms with E-state index in [1.807, 2.05) is 36.4 Å². The van der Waals surface area contributed by atoms with Crippen molar-refractivity contribution in [2.75, 3.05) is 20.3 Å². The highest BCUT2D eigenvalue weighted by atomic mass is 35.5. The summed E-state index contributed by atoms with van der Waals surface area (Å²) >= 11 is 0. The molecule has 0 aliphatic heterocycles. The number of aliphatic hydroxyl groups is 1. The normalized spacial score (nSPS) is 12.0. The minimum absolute atomic E-state index is 0. The molecule has 0 aliphatic rings. The van der Waals surface area contributed by atoms with Gasteiger partial charge in [0.25, 0.3) is 0 Å². The van der Waals surface area contributed by atoms with Gasteiger partial charge < -0.3 is 19.6 Å². The predicted molar refractivity (Wildman–Crippen MR) is 85.6 cm³/mol. The Morgan fingerprint density at radius 1 is 1.19 bits per heavy atom. The van der Waals surface area contributed by atoms with Gasteiger partial charge in [0, 0.05) is 19.2 Å². The third-order valence-corrected chi connectivity index (χ3v) is 3.12. The van der Waals surface area contributed by atoms with Gasteiger partial charge in [-0.1, -0.05) is 24.3 Å². The Morgan fingerprint density at radius 2 is 1.90 bits per heavy atom. The first-order chi connectivity index (χ1) is 9.70. The minimum Gasteiger partial charge on any atom is -0.460 e. The standard InChI is InChI=1S/C16H21NO3.ClH/c1-12(18)13-3-5-14(6-4-13)16-8-7-15(20-16)11-17-9-10-19-2;/h3-8,12,17-18H,9-11H2,1-2H3;1H. The van der Waals surface area contributed by atoms with Gasteiger partial charge in [-0.25, -0.2) is 0 Å². The van der Waals surface area contributed by atoms with Crippen LogP contribution < -0.4 is 5.32 Å². The average molecular weight is 312 g/mol. The lowest BCUT2D eigenvalue weighted by Gasteiger charge is -2.05. The van der Waals surface area contributed by atoms with E-state index >= 15 is 0 Å². The number of furan rings is 1. The molecule has 1 aromatic heterocycles. The zero-order chi connectivity index (χ0) is 14.4. The van der Waals surface area contributed by atoms with E-state index in [0.717, 1.165) is 29.2 Å². The molecule has 116 valence electrons. The summed E-state index contributed by atoms with van der Waals surface area (Å²) in [5.74, 6) is 1.74. The third-order valence-electron chi connectivity index (χ3n) is 3.12. The maximum absolute atomic E-state index is 9.49. The Balaban J connectivity index is 0.00000220. The van der Waals surface area contributed by atoms with Gasteiger partial charge in [0.15, 0.2) is 0 Å². The van der Waals surface area contributed by atoms with Crippen LogP contribution in [0.15, 0.2) is 40.8 Å². The summed E-state index contributed by atoms with van der Waals surface area (Å²) in [5.41, 5.74) is 1.92. The second-order valence-corrected chi connectivity index (χ2v) is 4.73. The van der Waals surface area contributed by atoms with E-state index in [0.29, 0.717) is 13.2 Å². The second kappa shape index (κ2) is 8.85. The third kappa shape index (κ3) is 5.17. The summed E-state index contributed by atoms with van der Waals surface area (Å²) in [6, 6.07) is 11.7. The van der Waals surface area contributed by atoms with Crippen molar-refractivity contribution >= 4 is 12.4 Å². The Morgan fingerprint density at radius 3 is 2.52 bits per heavy atom. The van der Waals surface area contributed by atoms with Gasteiger partial charge in [-0.05, 0) is 24.6 Å². The van der Waals surface area contributed by atoms with Crippen molar-refractivity contribution in [3.63, 3.8) is 0 Å². The van der Waals surface area contributed by atoms with Crippen LogP contribution in [0, 0.1) is 0 Å². The molecule has 0 amide bonds. The molecule has 1 heterocycles. The van der Waals surface area contributed by atoms with Crippen molar-refractivity contribution in [1.29, 1.82) is 0 Å². The molecule has 5 heteroatoms. The van der Waals surface area contributed by atoms with Gasteiger partial charge in [0.2, 0.25) is 0 Å². The number of methoxy groups -OCH3 is 1. The molecule has 21 heavy (non-hydrogen) atoms. The predicted octanol–water partition coefficient (Wildman–Crippen LogP) is 3.16. The van der Waals surface area contributed by atoms with Crippen LogP contribution in [0.3, 0.4) is 0 Å². The number of ether oxygens (including phenoxy) is 1. The Labute approximate surface area is 131 Å². The quantitative estimate of drug-likeness (QED) is 0.771. The van der Waals surface area contributed by atoms with Gasteiger partial charge in [-0.15, -0.1) is 12.4 Å². The van der Waals surface area contributed by atoms with Crippen LogP contribution in [0.4, 0.5) is 0 Å². The molecule has 0 aliphatic carbocycles. The summed E-state index contributed by atoms with van der Waals surface area (Å²) in [4.78, 5) is 0. The molecule has 0 radical (unpaired) electrons. The van der Waals surface area contributed by atoms with Crippen LogP contribution in [0.5, 0.6) is 0 Å². The number of hydrogen-bond acceptors (Lipinski definition) is 4. The van der Waals surface area contributed by atoms with Crippen molar-refractivity contribution in [1.82, 2.24) is 5.32 Å². The number of nitrogens with one attached hydrogen (secondary N) is 1. The van der Waals surface area contributed by atoms with Crippen molar-refractivity contribution in [3.8, 4) is 11.3 Å². The molecule has 0 spiro atoms. The van der Waals surface area contributed by atoms with Gasteiger partial charge >= 0.3 is 0 Å². The second-order valence-electron chi connectivity index (χ2n) is 4.73. The maximum Gasteiger partial charge on any atom is 0.134 e. The van der Waals surface area contributed by atoms with E-state index in [-0.39, 0.29) is 12.4 Å². The SMILES string of the molecule is COCCNCc1ccc(-c2ccc(C(C)O)cc2)o1.Cl. The number of benzene rings is 1. The van der Waals surface area contributed by atoms with Crippen molar-refractivity contribution in [2.24, 2.45) is 0 Å². The molecule has 2 N–H and O–H groups in total. The van der Waals surface area contributed by atoms with E-state index in [2.05, 4.69) is 5.32 Å². The Hall–Kier alpha value is -1.33. The fraction of sp³-hybridized carbons (Fsp3) is 0.375. The lowest BCUT2D eigenvalue weighted by Crippen LogP contribution is -2.18. The largest absolute Gasteiger partial charge is 0.460 e. The van der Waals surface area contributed by atoms with E-state index in [1.54, 1.807) is 14.0 Å². The van der Waals surface area contributed by atoms with Crippen molar-refractivity contribution < 1.29 is 14.3 Å². The molecule has 1 aromatic carbocycles. The molecule has 2 rings (SSSR count). The summed E-state index contributed by atoms with van der Waals surface area (Å²) in [6.07, 6.45) is -0.443. The lowest BCUT2D eigenvalue weighted by atomic mass is 10.1. The first-order valence-corrected chi connectivity index (χ1v) is 6.77. The van der Waals surface area contributed by atoms with Gasteiger partial charge in [-0.3, -0.25) is 0 Å². The van der Waals surface area contributed by atoms with Crippen LogP contribution in [-0.4, -0.2) is 25.4 Å². The fourth-order valence-electron chi connectivity index (χ4n) is 1.94. The smallest absolute Gasteiger partial charge is 0.134 e. The summed E-state index contributed by atoms with van der Waals surface area (Å²) < 4.78 is 10.8. The maximum atomic E-state index is 9.49. The molecule has 1 unspecified atom stereocenters. The minimum atomic E-state index is -0.443. The first-order valence-electron chi connectivity index (χ1n) is 6.77. The van der Waals surface area contributed by atoms with Crippen LogP contribution in [-0.2, 0) is 11.3 Å². The van der Waals surface area contributed by atoms with E-state index in [4.69, 9.17) is 9.15 Å². The monoisotopic (exact) mass is 311 g/mol. The lowest BCUT2D eigenvalue weighted by molar-refractivity contribution is 0.198. The summed E-state index contributed by atoms with van der Waals surface area (Å²) in [7, 11) is 1.68. The molecular weight excluding hydrogens is 290 g/mol. The van der Waals surface area contributed by atoms with E-state index in [9.17, 15) is 5.11 Å². The zero-order valence-corrected chi connectivity index (χ0v) is 13.2. The highest BCUT2D eigenvalue weighted by molar-refractivity contribution is 5.85. The summed E-state index contributed by atoms with van der Waals surface area (Å²) in [6.45, 7) is 3.94. The average Bonchev–Trinajstić information content (AvgIpc) is 2.92. The van der Waals surface area contributed by atoms with Crippen molar-refractivity contribution in [2.45, 2.75) is 19.6 Å². The molecule has 1 atom stereocenters. The Bertz CT molecular complexity index is 523. The van der Waals surface area contributed by atoms with E-state index < -0.39 is 6.10 Å². The van der Waals surface area contributed by atoms with Gasteiger partial charge in [-0.2, -0.15) is 0 Å². The van der Waals surface area contributed by atoms with Crippen molar-refractivity contribution in [3.05, 3.63) is 47.7 Å². The topological polar surface area (TPSA) is 54.6 Å².